The molecule has 0 unspecified atom stereocenters. The first-order valence-corrected chi connectivity index (χ1v) is 6.29. The Balaban J connectivity index is 2.51. The molecule has 0 saturated carbocycles. The molecule has 0 saturated heterocycles. The topological polar surface area (TPSA) is 4.93 Å². The Hall–Kier alpha value is -2.54. The van der Waals surface area contributed by atoms with Crippen molar-refractivity contribution in [2.75, 3.05) is 0 Å². The second kappa shape index (κ2) is 4.62. The molecule has 0 amide bonds. The molecule has 0 N–H and O–H groups in total. The summed E-state index contributed by atoms with van der Waals surface area (Å²) in [6.07, 6.45) is 3.83. The molecule has 0 atom stereocenters. The molecule has 0 spiro atoms. The number of fused-ring (bicyclic) bond motifs is 1. The summed E-state index contributed by atoms with van der Waals surface area (Å²) in [4.78, 5) is 0. The highest BCUT2D eigenvalue weighted by atomic mass is 15.0. The average molecular weight is 245 g/mol. The van der Waals surface area contributed by atoms with Crippen molar-refractivity contribution in [2.45, 2.75) is 0 Å². The predicted molar refractivity (Wildman–Crippen MR) is 82.7 cm³/mol. The van der Waals surface area contributed by atoms with Crippen LogP contribution in [0.2, 0.25) is 0 Å². The lowest BCUT2D eigenvalue weighted by Crippen LogP contribution is -2.26. The third kappa shape index (κ3) is 1.80. The number of hydrogen-bond donors (Lipinski definition) is 0. The molecule has 0 radical (unpaired) electrons. The number of allylic oxidation sites excluding steroid dienone is 1. The number of aromatic nitrogens is 1. The molecule has 3 aromatic rings. The normalized spacial score (nSPS) is 11.9. The van der Waals surface area contributed by atoms with Gasteiger partial charge in [-0.25, -0.2) is 0 Å². The fraction of sp³-hybridized carbons (Fsp3) is 0. The standard InChI is InChI=1S/C18H15N/c1-3-9-16-14(2)19(15-10-5-4-6-11-15)18-13-8-7-12-17(16)18/h3-13H,1-2H2/b16-9+. The molecule has 0 aliphatic heterocycles. The maximum Gasteiger partial charge on any atom is 0.0540 e. The molecule has 0 fully saturated rings. The Kier molecular flexibility index (Phi) is 2.81. The molecule has 0 aliphatic rings. The molecule has 3 rings (SSSR count). The van der Waals surface area contributed by atoms with Crippen molar-refractivity contribution in [3.63, 3.8) is 0 Å². The van der Waals surface area contributed by atoms with E-state index in [1.165, 1.54) is 10.9 Å². The van der Waals surface area contributed by atoms with Crippen LogP contribution in [0.1, 0.15) is 0 Å². The Labute approximate surface area is 112 Å². The van der Waals surface area contributed by atoms with Gasteiger partial charge >= 0.3 is 0 Å². The number of para-hydroxylation sites is 2. The van der Waals surface area contributed by atoms with Crippen molar-refractivity contribution in [1.82, 2.24) is 4.57 Å². The van der Waals surface area contributed by atoms with E-state index in [-0.39, 0.29) is 0 Å². The summed E-state index contributed by atoms with van der Waals surface area (Å²) in [6, 6.07) is 18.7. The van der Waals surface area contributed by atoms with Gasteiger partial charge in [0, 0.05) is 21.6 Å². The van der Waals surface area contributed by atoms with Gasteiger partial charge in [-0.15, -0.1) is 0 Å². The number of nitrogens with zero attached hydrogens (tertiary/aromatic N) is 1. The molecule has 1 heteroatoms. The van der Waals surface area contributed by atoms with Crippen LogP contribution >= 0.6 is 0 Å². The van der Waals surface area contributed by atoms with Gasteiger partial charge in [0.2, 0.25) is 0 Å². The lowest BCUT2D eigenvalue weighted by molar-refractivity contribution is 1.07. The lowest BCUT2D eigenvalue weighted by Gasteiger charge is -2.05. The highest BCUT2D eigenvalue weighted by molar-refractivity contribution is 5.84. The highest BCUT2D eigenvalue weighted by Gasteiger charge is 2.06. The van der Waals surface area contributed by atoms with Crippen molar-refractivity contribution in [2.24, 2.45) is 0 Å². The fourth-order valence-electron chi connectivity index (χ4n) is 2.49. The van der Waals surface area contributed by atoms with Gasteiger partial charge in [-0.2, -0.15) is 0 Å². The van der Waals surface area contributed by atoms with E-state index in [2.05, 4.69) is 54.1 Å². The van der Waals surface area contributed by atoms with Gasteiger partial charge in [0.25, 0.3) is 0 Å². The Bertz CT molecular complexity index is 839. The summed E-state index contributed by atoms with van der Waals surface area (Å²) in [5, 5.41) is 3.33. The number of hydrogen-bond acceptors (Lipinski definition) is 0. The Morgan fingerprint density at radius 3 is 2.32 bits per heavy atom. The van der Waals surface area contributed by atoms with E-state index in [0.29, 0.717) is 0 Å². The second-order valence-corrected chi connectivity index (χ2v) is 4.45. The van der Waals surface area contributed by atoms with Crippen LogP contribution in [-0.4, -0.2) is 4.57 Å². The molecule has 19 heavy (non-hydrogen) atoms. The molecular weight excluding hydrogens is 230 g/mol. The van der Waals surface area contributed by atoms with Crippen LogP contribution < -0.4 is 10.6 Å². The second-order valence-electron chi connectivity index (χ2n) is 4.45. The van der Waals surface area contributed by atoms with Gasteiger partial charge in [-0.1, -0.05) is 61.7 Å². The first-order valence-electron chi connectivity index (χ1n) is 6.29. The summed E-state index contributed by atoms with van der Waals surface area (Å²) >= 11 is 0. The van der Waals surface area contributed by atoms with Crippen molar-refractivity contribution in [3.05, 3.63) is 77.8 Å². The van der Waals surface area contributed by atoms with Gasteiger partial charge in [0.1, 0.15) is 0 Å². The molecule has 1 nitrogen and oxygen atoms in total. The number of benzene rings is 2. The molecule has 2 aromatic carbocycles. The molecule has 1 aromatic heterocycles. The van der Waals surface area contributed by atoms with E-state index in [1.807, 2.05) is 30.4 Å². The molecular formula is C18H15N. The van der Waals surface area contributed by atoms with Crippen LogP contribution in [0.4, 0.5) is 0 Å². The minimum absolute atomic E-state index is 0.993. The van der Waals surface area contributed by atoms with Crippen LogP contribution in [-0.2, 0) is 0 Å². The predicted octanol–water partition coefficient (Wildman–Crippen LogP) is 3.01. The minimum Gasteiger partial charge on any atom is -0.310 e. The molecule has 92 valence electrons. The van der Waals surface area contributed by atoms with E-state index >= 15 is 0 Å². The van der Waals surface area contributed by atoms with Gasteiger partial charge in [0.05, 0.1) is 5.52 Å². The van der Waals surface area contributed by atoms with E-state index < -0.39 is 0 Å². The summed E-state index contributed by atoms with van der Waals surface area (Å²) < 4.78 is 2.19. The smallest absolute Gasteiger partial charge is 0.0540 e. The van der Waals surface area contributed by atoms with Gasteiger partial charge in [-0.05, 0) is 18.2 Å². The first-order chi connectivity index (χ1) is 9.33. The maximum atomic E-state index is 4.24. The largest absolute Gasteiger partial charge is 0.310 e. The van der Waals surface area contributed by atoms with Crippen molar-refractivity contribution in [1.29, 1.82) is 0 Å². The van der Waals surface area contributed by atoms with E-state index in [4.69, 9.17) is 0 Å². The zero-order chi connectivity index (χ0) is 13.2. The zero-order valence-electron chi connectivity index (χ0n) is 10.7. The fourth-order valence-corrected chi connectivity index (χ4v) is 2.49. The highest BCUT2D eigenvalue weighted by Crippen LogP contribution is 2.13. The molecule has 0 bridgehead atoms. The summed E-state index contributed by atoms with van der Waals surface area (Å²) in [5.41, 5.74) is 2.30. The average Bonchev–Trinajstić information content (AvgIpc) is 2.73. The van der Waals surface area contributed by atoms with Gasteiger partial charge in [0.15, 0.2) is 0 Å². The maximum absolute atomic E-state index is 4.24. The van der Waals surface area contributed by atoms with E-state index in [9.17, 15) is 0 Å². The summed E-state index contributed by atoms with van der Waals surface area (Å²) in [6.45, 7) is 8.03. The molecule has 0 aliphatic carbocycles. The van der Waals surface area contributed by atoms with E-state index in [1.54, 1.807) is 0 Å². The first kappa shape index (κ1) is 11.5. The van der Waals surface area contributed by atoms with Crippen LogP contribution in [0.15, 0.2) is 67.3 Å². The van der Waals surface area contributed by atoms with Gasteiger partial charge in [-0.3, -0.25) is 0 Å². The van der Waals surface area contributed by atoms with E-state index in [0.717, 1.165) is 16.3 Å². The van der Waals surface area contributed by atoms with Crippen LogP contribution in [0.3, 0.4) is 0 Å². The van der Waals surface area contributed by atoms with Crippen LogP contribution in [0.5, 0.6) is 0 Å². The summed E-state index contributed by atoms with van der Waals surface area (Å²) in [5.74, 6) is 0. The van der Waals surface area contributed by atoms with Crippen molar-refractivity contribution >= 4 is 23.6 Å². The molecule has 1 heterocycles. The van der Waals surface area contributed by atoms with Gasteiger partial charge < -0.3 is 4.57 Å². The monoisotopic (exact) mass is 245 g/mol. The summed E-state index contributed by atoms with van der Waals surface area (Å²) in [7, 11) is 0. The Morgan fingerprint density at radius 1 is 0.895 bits per heavy atom. The third-order valence-electron chi connectivity index (χ3n) is 3.31. The lowest BCUT2D eigenvalue weighted by atomic mass is 10.2. The van der Waals surface area contributed by atoms with Crippen LogP contribution in [0, 0.1) is 0 Å². The Morgan fingerprint density at radius 2 is 1.58 bits per heavy atom. The zero-order valence-corrected chi connectivity index (χ0v) is 10.7. The van der Waals surface area contributed by atoms with Crippen molar-refractivity contribution in [3.8, 4) is 5.69 Å². The quantitative estimate of drug-likeness (QED) is 0.654. The SMILES string of the molecule is C=C/C=c1\c(=C)n(-c2ccccc2)c2ccccc12. The third-order valence-corrected chi connectivity index (χ3v) is 3.31. The van der Waals surface area contributed by atoms with Crippen LogP contribution in [0.25, 0.3) is 29.2 Å². The van der Waals surface area contributed by atoms with Crippen molar-refractivity contribution < 1.29 is 0 Å². The minimum atomic E-state index is 0.993. The number of rotatable bonds is 2.